The number of ether oxygens (including phenoxy) is 1. The zero-order chi connectivity index (χ0) is 18.3. The fourth-order valence-corrected chi connectivity index (χ4v) is 4.47. The summed E-state index contributed by atoms with van der Waals surface area (Å²) in [7, 11) is 0. The van der Waals surface area contributed by atoms with Crippen molar-refractivity contribution in [1.29, 1.82) is 0 Å². The Morgan fingerprint density at radius 1 is 1.08 bits per heavy atom. The summed E-state index contributed by atoms with van der Waals surface area (Å²) in [6, 6.07) is 5.37. The van der Waals surface area contributed by atoms with Crippen molar-refractivity contribution < 1.29 is 4.74 Å². The minimum atomic E-state index is -0.480. The normalized spacial score (nSPS) is 25.2. The van der Waals surface area contributed by atoms with Gasteiger partial charge in [0.2, 0.25) is 0 Å². The highest BCUT2D eigenvalue weighted by atomic mass is 35.5. The largest absolute Gasteiger partial charge is 0.376 e. The van der Waals surface area contributed by atoms with Gasteiger partial charge in [0, 0.05) is 13.2 Å². The zero-order valence-electron chi connectivity index (χ0n) is 14.2. The molecule has 0 bridgehead atoms. The highest BCUT2D eigenvalue weighted by molar-refractivity contribution is 6.42. The second-order valence-electron chi connectivity index (χ2n) is 7.12. The maximum absolute atomic E-state index is 12.1. The molecule has 5 nitrogen and oxygen atoms in total. The van der Waals surface area contributed by atoms with Crippen LogP contribution >= 0.6 is 23.2 Å². The lowest BCUT2D eigenvalue weighted by molar-refractivity contribution is 0.00274. The first-order valence-electron chi connectivity index (χ1n) is 8.92. The molecule has 138 valence electrons. The number of nitrogens with one attached hydrogen (secondary N) is 2. The minimum Gasteiger partial charge on any atom is -0.376 e. The van der Waals surface area contributed by atoms with Crippen molar-refractivity contribution in [3.63, 3.8) is 0 Å². The standard InChI is InChI=1S/C19H20Cl2N2O3/c20-12-5-4-11(9-13(12)21)10-22-15-16(18(25)17(15)24)23-14-3-1-6-19(14)7-2-8-26-19/h4-5,9,14,22-23H,1-3,6-8,10H2. The molecule has 1 spiro atoms. The average Bonchev–Trinajstić information content (AvgIpc) is 3.27. The summed E-state index contributed by atoms with van der Waals surface area (Å²) in [4.78, 5) is 24.1. The third-order valence-electron chi connectivity index (χ3n) is 5.54. The van der Waals surface area contributed by atoms with Crippen LogP contribution in [0.1, 0.15) is 37.7 Å². The lowest BCUT2D eigenvalue weighted by Gasteiger charge is -2.32. The van der Waals surface area contributed by atoms with Crippen molar-refractivity contribution >= 4 is 34.6 Å². The second kappa shape index (κ2) is 6.87. The first kappa shape index (κ1) is 17.8. The summed E-state index contributed by atoms with van der Waals surface area (Å²) in [6.07, 6.45) is 5.08. The van der Waals surface area contributed by atoms with Crippen LogP contribution in [0, 0.1) is 0 Å². The molecule has 26 heavy (non-hydrogen) atoms. The molecule has 0 aromatic heterocycles. The summed E-state index contributed by atoms with van der Waals surface area (Å²) in [6.45, 7) is 1.16. The van der Waals surface area contributed by atoms with Crippen LogP contribution in [0.15, 0.2) is 27.8 Å². The molecule has 7 heteroatoms. The van der Waals surface area contributed by atoms with Gasteiger partial charge < -0.3 is 15.4 Å². The van der Waals surface area contributed by atoms with Crippen molar-refractivity contribution in [2.75, 3.05) is 17.2 Å². The van der Waals surface area contributed by atoms with E-state index < -0.39 is 10.9 Å². The number of benzene rings is 1. The monoisotopic (exact) mass is 394 g/mol. The van der Waals surface area contributed by atoms with Crippen LogP contribution in [-0.4, -0.2) is 18.2 Å². The maximum atomic E-state index is 12.1. The van der Waals surface area contributed by atoms with E-state index in [1.165, 1.54) is 0 Å². The SMILES string of the molecule is O=c1c(NCc2ccc(Cl)c(Cl)c2)c(NC2CCCC23CCCO3)c1=O. The van der Waals surface area contributed by atoms with Crippen LogP contribution in [0.3, 0.4) is 0 Å². The molecule has 0 amide bonds. The Balaban J connectivity index is 1.48. The number of hydrogen-bond donors (Lipinski definition) is 2. The maximum Gasteiger partial charge on any atom is 0.253 e. The van der Waals surface area contributed by atoms with E-state index in [2.05, 4.69) is 10.6 Å². The number of rotatable bonds is 5. The third-order valence-corrected chi connectivity index (χ3v) is 6.28. The Hall–Kier alpha value is -1.56. The van der Waals surface area contributed by atoms with Crippen LogP contribution in [0.25, 0.3) is 0 Å². The molecule has 2 unspecified atom stereocenters. The Kier molecular flexibility index (Phi) is 4.71. The van der Waals surface area contributed by atoms with E-state index in [-0.39, 0.29) is 11.6 Å². The van der Waals surface area contributed by atoms with Gasteiger partial charge in [-0.15, -0.1) is 0 Å². The topological polar surface area (TPSA) is 67.4 Å². The van der Waals surface area contributed by atoms with Crippen molar-refractivity contribution in [3.8, 4) is 0 Å². The van der Waals surface area contributed by atoms with E-state index >= 15 is 0 Å². The van der Waals surface area contributed by atoms with Crippen LogP contribution in [0.2, 0.25) is 10.0 Å². The summed E-state index contributed by atoms with van der Waals surface area (Å²) in [5.41, 5.74) is 0.502. The highest BCUT2D eigenvalue weighted by Gasteiger charge is 2.47. The molecule has 2 aliphatic rings. The van der Waals surface area contributed by atoms with Gasteiger partial charge in [0.05, 0.1) is 21.7 Å². The van der Waals surface area contributed by atoms with E-state index in [1.54, 1.807) is 12.1 Å². The van der Waals surface area contributed by atoms with Crippen molar-refractivity contribution in [2.45, 2.75) is 50.3 Å². The molecule has 0 radical (unpaired) electrons. The van der Waals surface area contributed by atoms with Gasteiger partial charge in [-0.05, 0) is 49.8 Å². The number of hydrogen-bond acceptors (Lipinski definition) is 5. The molecule has 2 N–H and O–H groups in total. The summed E-state index contributed by atoms with van der Waals surface area (Å²) in [5.74, 6) is 0. The minimum absolute atomic E-state index is 0.0822. The van der Waals surface area contributed by atoms with Gasteiger partial charge in [-0.2, -0.15) is 0 Å². The van der Waals surface area contributed by atoms with Crippen LogP contribution in [0.4, 0.5) is 11.4 Å². The average molecular weight is 395 g/mol. The van der Waals surface area contributed by atoms with Gasteiger partial charge in [-0.3, -0.25) is 9.59 Å². The van der Waals surface area contributed by atoms with Crippen LogP contribution in [0.5, 0.6) is 0 Å². The lowest BCUT2D eigenvalue weighted by Crippen LogP contribution is -2.46. The van der Waals surface area contributed by atoms with E-state index in [0.717, 1.165) is 44.3 Å². The van der Waals surface area contributed by atoms with Gasteiger partial charge in [0.1, 0.15) is 11.4 Å². The molecule has 1 heterocycles. The molecule has 1 saturated carbocycles. The highest BCUT2D eigenvalue weighted by Crippen LogP contribution is 2.42. The smallest absolute Gasteiger partial charge is 0.253 e. The molecule has 2 aromatic carbocycles. The molecule has 2 fully saturated rings. The Morgan fingerprint density at radius 2 is 1.85 bits per heavy atom. The fourth-order valence-electron chi connectivity index (χ4n) is 4.15. The molecular weight excluding hydrogens is 375 g/mol. The lowest BCUT2D eigenvalue weighted by atomic mass is 9.93. The molecule has 2 atom stereocenters. The van der Waals surface area contributed by atoms with Crippen molar-refractivity contribution in [1.82, 2.24) is 0 Å². The zero-order valence-corrected chi connectivity index (χ0v) is 15.8. The van der Waals surface area contributed by atoms with E-state index in [4.69, 9.17) is 27.9 Å². The summed E-state index contributed by atoms with van der Waals surface area (Å²) >= 11 is 11.9. The first-order valence-corrected chi connectivity index (χ1v) is 9.67. The molecule has 2 aromatic rings. The second-order valence-corrected chi connectivity index (χ2v) is 7.93. The van der Waals surface area contributed by atoms with E-state index in [9.17, 15) is 9.59 Å². The third kappa shape index (κ3) is 3.02. The van der Waals surface area contributed by atoms with Gasteiger partial charge in [0.25, 0.3) is 10.9 Å². The van der Waals surface area contributed by atoms with Crippen LogP contribution in [-0.2, 0) is 11.3 Å². The van der Waals surface area contributed by atoms with Gasteiger partial charge in [-0.25, -0.2) is 0 Å². The predicted molar refractivity (Wildman–Crippen MR) is 104 cm³/mol. The summed E-state index contributed by atoms with van der Waals surface area (Å²) < 4.78 is 6.01. The van der Waals surface area contributed by atoms with E-state index in [1.807, 2.05) is 6.07 Å². The molecule has 1 saturated heterocycles. The molecule has 1 aliphatic heterocycles. The number of halogens is 2. The Bertz CT molecular complexity index is 893. The molecule has 4 rings (SSSR count). The van der Waals surface area contributed by atoms with Crippen LogP contribution < -0.4 is 21.5 Å². The Morgan fingerprint density at radius 3 is 2.58 bits per heavy atom. The van der Waals surface area contributed by atoms with Gasteiger partial charge in [-0.1, -0.05) is 29.3 Å². The van der Waals surface area contributed by atoms with Gasteiger partial charge >= 0.3 is 0 Å². The molecular formula is C19H20Cl2N2O3. The Labute approximate surface area is 161 Å². The predicted octanol–water partition coefficient (Wildman–Crippen LogP) is 3.72. The van der Waals surface area contributed by atoms with Gasteiger partial charge in [0.15, 0.2) is 0 Å². The fraction of sp³-hybridized carbons (Fsp3) is 0.474. The first-order chi connectivity index (χ1) is 12.5. The molecule has 1 aliphatic carbocycles. The van der Waals surface area contributed by atoms with Crippen molar-refractivity contribution in [3.05, 3.63) is 54.3 Å². The quantitative estimate of drug-likeness (QED) is 0.756. The summed E-state index contributed by atoms with van der Waals surface area (Å²) in [5, 5.41) is 7.32. The number of anilines is 2. The van der Waals surface area contributed by atoms with Crippen molar-refractivity contribution in [2.24, 2.45) is 0 Å². The van der Waals surface area contributed by atoms with E-state index in [0.29, 0.717) is 28.0 Å².